The van der Waals surface area contributed by atoms with Crippen LogP contribution >= 0.6 is 47.8 Å². The third-order valence-electron chi connectivity index (χ3n) is 2.68. The molecule has 0 aliphatic heterocycles. The molecule has 1 unspecified atom stereocenters. The number of hydrogen-bond donors (Lipinski definition) is 1. The van der Waals surface area contributed by atoms with E-state index >= 15 is 0 Å². The Balaban J connectivity index is 2.59. The van der Waals surface area contributed by atoms with Crippen LogP contribution in [0.5, 0.6) is 0 Å². The lowest BCUT2D eigenvalue weighted by atomic mass is 9.98. The maximum Gasteiger partial charge on any atom is 0.145 e. The van der Waals surface area contributed by atoms with E-state index in [1.165, 1.54) is 12.1 Å². The SMILES string of the molecule is NC(c1cc(Br)ccc1Br)c1c(F)ccc(Br)c1F. The fraction of sp³-hybridized carbons (Fsp3) is 0.0769. The molecule has 0 saturated carbocycles. The second kappa shape index (κ2) is 5.99. The minimum atomic E-state index is -0.899. The van der Waals surface area contributed by atoms with E-state index in [4.69, 9.17) is 5.73 Å². The van der Waals surface area contributed by atoms with E-state index in [9.17, 15) is 8.78 Å². The molecule has 1 nitrogen and oxygen atoms in total. The zero-order valence-corrected chi connectivity index (χ0v) is 14.2. The Labute approximate surface area is 134 Å². The predicted molar refractivity (Wildman–Crippen MR) is 81.9 cm³/mol. The molecule has 0 amide bonds. The number of rotatable bonds is 2. The summed E-state index contributed by atoms with van der Waals surface area (Å²) in [4.78, 5) is 0. The van der Waals surface area contributed by atoms with Crippen molar-refractivity contribution in [2.75, 3.05) is 0 Å². The van der Waals surface area contributed by atoms with E-state index in [1.807, 2.05) is 6.07 Å². The topological polar surface area (TPSA) is 26.0 Å². The maximum atomic E-state index is 14.0. The van der Waals surface area contributed by atoms with Crippen LogP contribution in [-0.2, 0) is 0 Å². The van der Waals surface area contributed by atoms with E-state index in [-0.39, 0.29) is 10.0 Å². The summed E-state index contributed by atoms with van der Waals surface area (Å²) in [5.74, 6) is -1.35. The largest absolute Gasteiger partial charge is 0.320 e. The first kappa shape index (κ1) is 15.1. The van der Waals surface area contributed by atoms with Crippen molar-refractivity contribution < 1.29 is 8.78 Å². The van der Waals surface area contributed by atoms with Crippen LogP contribution in [0.25, 0.3) is 0 Å². The van der Waals surface area contributed by atoms with Gasteiger partial charge in [0.1, 0.15) is 11.6 Å². The zero-order valence-electron chi connectivity index (χ0n) is 9.43. The van der Waals surface area contributed by atoms with Crippen molar-refractivity contribution in [1.82, 2.24) is 0 Å². The molecule has 0 heterocycles. The highest BCUT2D eigenvalue weighted by Crippen LogP contribution is 2.33. The second-order valence-electron chi connectivity index (χ2n) is 3.90. The van der Waals surface area contributed by atoms with Crippen LogP contribution in [0.2, 0.25) is 0 Å². The Hall–Kier alpha value is -0.300. The third-order valence-corrected chi connectivity index (χ3v) is 4.51. The summed E-state index contributed by atoms with van der Waals surface area (Å²) < 4.78 is 29.5. The molecule has 2 rings (SSSR count). The first-order chi connectivity index (χ1) is 8.91. The molecule has 2 N–H and O–H groups in total. The van der Waals surface area contributed by atoms with Crippen molar-refractivity contribution in [3.05, 3.63) is 66.5 Å². The molecule has 0 spiro atoms. The quantitative estimate of drug-likeness (QED) is 0.611. The van der Waals surface area contributed by atoms with Gasteiger partial charge in [-0.05, 0) is 51.8 Å². The van der Waals surface area contributed by atoms with Gasteiger partial charge in [0.15, 0.2) is 0 Å². The molecule has 6 heteroatoms. The smallest absolute Gasteiger partial charge is 0.145 e. The summed E-state index contributed by atoms with van der Waals surface area (Å²) in [5.41, 5.74) is 6.45. The Kier molecular flexibility index (Phi) is 4.76. The average Bonchev–Trinajstić information content (AvgIpc) is 2.37. The van der Waals surface area contributed by atoms with Crippen LogP contribution < -0.4 is 5.73 Å². The summed E-state index contributed by atoms with van der Waals surface area (Å²) in [6, 6.07) is 6.92. The highest BCUT2D eigenvalue weighted by atomic mass is 79.9. The van der Waals surface area contributed by atoms with E-state index in [0.29, 0.717) is 10.0 Å². The van der Waals surface area contributed by atoms with Gasteiger partial charge in [-0.15, -0.1) is 0 Å². The monoisotopic (exact) mass is 453 g/mol. The first-order valence-corrected chi connectivity index (χ1v) is 7.63. The van der Waals surface area contributed by atoms with Crippen LogP contribution in [0.1, 0.15) is 17.2 Å². The second-order valence-corrected chi connectivity index (χ2v) is 6.52. The molecule has 0 saturated heterocycles. The number of nitrogens with two attached hydrogens (primary N) is 1. The molecule has 0 aliphatic rings. The lowest BCUT2D eigenvalue weighted by Gasteiger charge is -2.17. The molecule has 2 aromatic rings. The van der Waals surface area contributed by atoms with E-state index in [2.05, 4.69) is 47.8 Å². The fourth-order valence-electron chi connectivity index (χ4n) is 1.74. The van der Waals surface area contributed by atoms with Gasteiger partial charge >= 0.3 is 0 Å². The third kappa shape index (κ3) is 3.07. The average molecular weight is 456 g/mol. The molecule has 0 radical (unpaired) electrons. The molecule has 1 atom stereocenters. The van der Waals surface area contributed by atoms with Crippen LogP contribution in [0, 0.1) is 11.6 Å². The highest BCUT2D eigenvalue weighted by Gasteiger charge is 2.22. The van der Waals surface area contributed by atoms with Gasteiger partial charge in [-0.2, -0.15) is 0 Å². The Morgan fingerprint density at radius 3 is 2.26 bits per heavy atom. The number of benzene rings is 2. The zero-order chi connectivity index (χ0) is 14.2. The van der Waals surface area contributed by atoms with Crippen molar-refractivity contribution in [3.8, 4) is 0 Å². The first-order valence-electron chi connectivity index (χ1n) is 5.25. The van der Waals surface area contributed by atoms with Crippen molar-refractivity contribution in [2.45, 2.75) is 6.04 Å². The molecule has 0 aliphatic carbocycles. The molecule has 0 bridgehead atoms. The van der Waals surface area contributed by atoms with Crippen LogP contribution in [0.15, 0.2) is 43.7 Å². The molecule has 2 aromatic carbocycles. The normalized spacial score (nSPS) is 12.5. The summed E-state index contributed by atoms with van der Waals surface area (Å²) in [7, 11) is 0. The molecule has 0 fully saturated rings. The lowest BCUT2D eigenvalue weighted by Crippen LogP contribution is -2.16. The number of halogens is 5. The van der Waals surface area contributed by atoms with E-state index < -0.39 is 17.7 Å². The van der Waals surface area contributed by atoms with Gasteiger partial charge in [-0.3, -0.25) is 0 Å². The lowest BCUT2D eigenvalue weighted by molar-refractivity contribution is 0.539. The van der Waals surface area contributed by atoms with Crippen LogP contribution in [0.3, 0.4) is 0 Å². The molecular formula is C13H8Br3F2N. The van der Waals surface area contributed by atoms with Gasteiger partial charge < -0.3 is 5.73 Å². The summed E-state index contributed by atoms with van der Waals surface area (Å²) >= 11 is 9.69. The molecule has 0 aromatic heterocycles. The maximum absolute atomic E-state index is 14.0. The fourth-order valence-corrected chi connectivity index (χ4v) is 2.95. The van der Waals surface area contributed by atoms with Gasteiger partial charge in [-0.25, -0.2) is 8.78 Å². The molecular weight excluding hydrogens is 448 g/mol. The van der Waals surface area contributed by atoms with Gasteiger partial charge in [-0.1, -0.05) is 31.9 Å². The van der Waals surface area contributed by atoms with Crippen molar-refractivity contribution in [3.63, 3.8) is 0 Å². The van der Waals surface area contributed by atoms with E-state index in [1.54, 1.807) is 12.1 Å². The van der Waals surface area contributed by atoms with Crippen LogP contribution in [0.4, 0.5) is 8.78 Å². The standard InChI is InChI=1S/C13H8Br3F2N/c14-6-1-2-8(15)7(5-6)13(19)11-10(17)4-3-9(16)12(11)18/h1-5,13H,19H2. The van der Waals surface area contributed by atoms with Crippen molar-refractivity contribution in [2.24, 2.45) is 5.73 Å². The number of hydrogen-bond acceptors (Lipinski definition) is 1. The van der Waals surface area contributed by atoms with Crippen LogP contribution in [-0.4, -0.2) is 0 Å². The van der Waals surface area contributed by atoms with Gasteiger partial charge in [0.25, 0.3) is 0 Å². The molecule has 19 heavy (non-hydrogen) atoms. The van der Waals surface area contributed by atoms with Gasteiger partial charge in [0.2, 0.25) is 0 Å². The predicted octanol–water partition coefficient (Wildman–Crippen LogP) is 5.30. The minimum absolute atomic E-state index is 0.159. The van der Waals surface area contributed by atoms with Crippen molar-refractivity contribution >= 4 is 47.8 Å². The Morgan fingerprint density at radius 2 is 1.58 bits per heavy atom. The van der Waals surface area contributed by atoms with Gasteiger partial charge in [0.05, 0.1) is 10.5 Å². The Bertz CT molecular complexity index is 632. The summed E-state index contributed by atoms with van der Waals surface area (Å²) in [6.07, 6.45) is 0. The van der Waals surface area contributed by atoms with Crippen molar-refractivity contribution in [1.29, 1.82) is 0 Å². The highest BCUT2D eigenvalue weighted by molar-refractivity contribution is 9.11. The van der Waals surface area contributed by atoms with E-state index in [0.717, 1.165) is 4.47 Å². The van der Waals surface area contributed by atoms with Gasteiger partial charge in [0, 0.05) is 14.5 Å². The Morgan fingerprint density at radius 1 is 0.947 bits per heavy atom. The minimum Gasteiger partial charge on any atom is -0.320 e. The molecule has 100 valence electrons. The summed E-state index contributed by atoms with van der Waals surface area (Å²) in [5, 5.41) is 0. The summed E-state index contributed by atoms with van der Waals surface area (Å²) in [6.45, 7) is 0.